The van der Waals surface area contributed by atoms with Crippen LogP contribution >= 0.6 is 11.6 Å². The number of hydrogen-bond acceptors (Lipinski definition) is 5. The quantitative estimate of drug-likeness (QED) is 0.253. The Balaban J connectivity index is -0.000000317. The van der Waals surface area contributed by atoms with Crippen LogP contribution in [0.5, 0.6) is 0 Å². The molecule has 0 spiro atoms. The first kappa shape index (κ1) is 27.4. The van der Waals surface area contributed by atoms with Crippen LogP contribution in [0.2, 0.25) is 5.02 Å². The van der Waals surface area contributed by atoms with Crippen LogP contribution in [0.25, 0.3) is 9.69 Å². The average Bonchev–Trinajstić information content (AvgIpc) is 2.57. The molecule has 2 aromatic carbocycles. The third-order valence-electron chi connectivity index (χ3n) is 2.15. The normalized spacial score (nSPS) is 7.32. The summed E-state index contributed by atoms with van der Waals surface area (Å²) in [4.78, 5) is 23.9. The molecule has 2 aromatic rings. The third kappa shape index (κ3) is 12.6. The minimum atomic E-state index is -0.492. The van der Waals surface area contributed by atoms with Gasteiger partial charge in [0.2, 0.25) is 0 Å². The monoisotopic (exact) mass is 370 g/mol. The van der Waals surface area contributed by atoms with Crippen molar-refractivity contribution in [1.29, 1.82) is 0 Å². The fourth-order valence-corrected chi connectivity index (χ4v) is 1.29. The van der Waals surface area contributed by atoms with Gasteiger partial charge in [-0.2, -0.15) is 0 Å². The molecular weight excluding hydrogens is 359 g/mol. The second-order valence-electron chi connectivity index (χ2n) is 3.55. The SMILES string of the molecule is C.O=N[O-].[C-]#[N+]c1ccc(Cl)cc1.[C-]#[N+]c1ccc([N+](=O)[O-])cc1.[Na+]. The van der Waals surface area contributed by atoms with Crippen molar-refractivity contribution in [2.45, 2.75) is 7.43 Å². The number of nitrogens with zero attached hydrogens (tertiary/aromatic N) is 4. The zero-order chi connectivity index (χ0) is 17.7. The second kappa shape index (κ2) is 16.4. The van der Waals surface area contributed by atoms with Crippen molar-refractivity contribution < 1.29 is 34.5 Å². The summed E-state index contributed by atoms with van der Waals surface area (Å²) >= 11 is 5.57. The summed E-state index contributed by atoms with van der Waals surface area (Å²) in [5.74, 6) is 0. The molecule has 0 N–H and O–H groups in total. The number of non-ortho nitro benzene ring substituents is 1. The molecule has 0 saturated heterocycles. The third-order valence-corrected chi connectivity index (χ3v) is 2.40. The Hall–Kier alpha value is -2.49. The zero-order valence-corrected chi connectivity index (χ0v) is 15.2. The molecule has 2 rings (SSSR count). The molecule has 0 unspecified atom stereocenters. The van der Waals surface area contributed by atoms with Crippen LogP contribution in [-0.2, 0) is 0 Å². The molecular formula is C15H12ClN4NaO4. The Bertz CT molecular complexity index is 725. The molecule has 10 heteroatoms. The fraction of sp³-hybridized carbons (Fsp3) is 0.0667. The van der Waals surface area contributed by atoms with Crippen LogP contribution in [-0.4, -0.2) is 4.92 Å². The molecule has 124 valence electrons. The number of benzene rings is 2. The Kier molecular flexibility index (Phi) is 17.9. The molecule has 0 saturated carbocycles. The van der Waals surface area contributed by atoms with Gasteiger partial charge in [0.1, 0.15) is 0 Å². The first-order valence-electron chi connectivity index (χ1n) is 5.68. The molecule has 0 aromatic heterocycles. The molecule has 0 atom stereocenters. The van der Waals surface area contributed by atoms with E-state index < -0.39 is 4.92 Å². The summed E-state index contributed by atoms with van der Waals surface area (Å²) in [6.07, 6.45) is 0. The molecule has 0 radical (unpaired) electrons. The van der Waals surface area contributed by atoms with Crippen molar-refractivity contribution in [2.75, 3.05) is 0 Å². The van der Waals surface area contributed by atoms with E-state index in [1.54, 1.807) is 24.3 Å². The summed E-state index contributed by atoms with van der Waals surface area (Å²) in [6.45, 7) is 13.2. The minimum Gasteiger partial charge on any atom is -0.444 e. The van der Waals surface area contributed by atoms with Crippen molar-refractivity contribution in [2.24, 2.45) is 5.34 Å². The van der Waals surface area contributed by atoms with Crippen LogP contribution < -0.4 is 29.6 Å². The van der Waals surface area contributed by atoms with Crippen molar-refractivity contribution in [3.8, 4) is 0 Å². The van der Waals surface area contributed by atoms with Crippen LogP contribution in [0.1, 0.15) is 7.43 Å². The van der Waals surface area contributed by atoms with Gasteiger partial charge in [-0.25, -0.2) is 9.69 Å². The minimum absolute atomic E-state index is 0. The van der Waals surface area contributed by atoms with Gasteiger partial charge in [0, 0.05) is 17.2 Å². The molecule has 25 heavy (non-hydrogen) atoms. The molecule has 0 heterocycles. The number of halogens is 1. The molecule has 0 aliphatic carbocycles. The zero-order valence-electron chi connectivity index (χ0n) is 12.4. The molecule has 0 aliphatic rings. The van der Waals surface area contributed by atoms with Crippen molar-refractivity contribution >= 4 is 28.7 Å². The maximum absolute atomic E-state index is 10.1. The first-order valence-corrected chi connectivity index (χ1v) is 6.06. The Morgan fingerprint density at radius 3 is 1.56 bits per heavy atom. The Labute approximate surface area is 172 Å². The predicted molar refractivity (Wildman–Crippen MR) is 93.0 cm³/mol. The van der Waals surface area contributed by atoms with E-state index in [0.717, 1.165) is 5.34 Å². The number of nitro groups is 1. The largest absolute Gasteiger partial charge is 1.00 e. The smallest absolute Gasteiger partial charge is 0.444 e. The van der Waals surface area contributed by atoms with Gasteiger partial charge >= 0.3 is 29.6 Å². The standard InChI is InChI=1S/C7H4ClN.C7H4N2O2.CH4.HNO2.Na/c1-9-7-4-2-6(8)3-5-7;1-8-6-2-4-7(5-3-6)9(10)11;;2-1-3;/h2-5H;2-5H;1H4;(H,2,3);/q;;;;+1/p-1. The van der Waals surface area contributed by atoms with Crippen molar-refractivity contribution in [3.05, 3.63) is 96.6 Å². The van der Waals surface area contributed by atoms with Crippen molar-refractivity contribution in [3.63, 3.8) is 0 Å². The van der Waals surface area contributed by atoms with E-state index in [0.29, 0.717) is 16.4 Å². The Morgan fingerprint density at radius 1 is 0.960 bits per heavy atom. The van der Waals surface area contributed by atoms with E-state index in [2.05, 4.69) is 9.69 Å². The number of rotatable bonds is 1. The summed E-state index contributed by atoms with van der Waals surface area (Å²) in [6, 6.07) is 12.3. The van der Waals surface area contributed by atoms with Gasteiger partial charge in [-0.05, 0) is 12.1 Å². The van der Waals surface area contributed by atoms with Crippen LogP contribution in [0.3, 0.4) is 0 Å². The molecule has 8 nitrogen and oxygen atoms in total. The summed E-state index contributed by atoms with van der Waals surface area (Å²) in [7, 11) is 0. The van der Waals surface area contributed by atoms with E-state index >= 15 is 0 Å². The van der Waals surface area contributed by atoms with E-state index in [1.807, 2.05) is 0 Å². The van der Waals surface area contributed by atoms with Gasteiger partial charge < -0.3 is 10.1 Å². The van der Waals surface area contributed by atoms with Crippen molar-refractivity contribution in [1.82, 2.24) is 0 Å². The maximum atomic E-state index is 10.1. The number of nitro benzene ring substituents is 1. The second-order valence-corrected chi connectivity index (χ2v) is 3.98. The van der Waals surface area contributed by atoms with Crippen LogP contribution in [0, 0.1) is 33.4 Å². The molecule has 0 amide bonds. The molecule has 0 bridgehead atoms. The van der Waals surface area contributed by atoms with Crippen LogP contribution in [0.15, 0.2) is 53.9 Å². The van der Waals surface area contributed by atoms with E-state index in [-0.39, 0.29) is 42.7 Å². The topological polar surface area (TPSA) is 104 Å². The Morgan fingerprint density at radius 2 is 1.28 bits per heavy atom. The van der Waals surface area contributed by atoms with Gasteiger partial charge in [-0.1, -0.05) is 43.3 Å². The van der Waals surface area contributed by atoms with Gasteiger partial charge in [0.15, 0.2) is 11.4 Å². The fourth-order valence-electron chi connectivity index (χ4n) is 1.16. The maximum Gasteiger partial charge on any atom is 1.00 e. The van der Waals surface area contributed by atoms with Crippen LogP contribution in [0.4, 0.5) is 17.1 Å². The summed E-state index contributed by atoms with van der Waals surface area (Å²) < 4.78 is 0. The van der Waals surface area contributed by atoms with E-state index in [9.17, 15) is 10.1 Å². The van der Waals surface area contributed by atoms with Gasteiger partial charge in [-0.3, -0.25) is 10.1 Å². The molecule has 0 aliphatic heterocycles. The van der Waals surface area contributed by atoms with Gasteiger partial charge in [0.25, 0.3) is 5.69 Å². The van der Waals surface area contributed by atoms with Gasteiger partial charge in [0.05, 0.1) is 18.1 Å². The number of hydrogen-bond donors (Lipinski definition) is 0. The summed E-state index contributed by atoms with van der Waals surface area (Å²) in [5.41, 5.74) is 1.05. The van der Waals surface area contributed by atoms with Gasteiger partial charge in [-0.15, -0.1) is 5.34 Å². The van der Waals surface area contributed by atoms with E-state index in [1.165, 1.54) is 24.3 Å². The predicted octanol–water partition coefficient (Wildman–Crippen LogP) is 2.93. The average molecular weight is 371 g/mol. The first-order chi connectivity index (χ1) is 11.0. The summed E-state index contributed by atoms with van der Waals surface area (Å²) in [5, 5.41) is 19.8. The molecule has 0 fully saturated rings. The van der Waals surface area contributed by atoms with E-state index in [4.69, 9.17) is 34.9 Å².